The number of hydrogen-bond acceptors (Lipinski definition) is 4. The molecule has 108 valence electrons. The molecule has 5 heteroatoms. The van der Waals surface area contributed by atoms with Gasteiger partial charge in [0.05, 0.1) is 11.4 Å². The van der Waals surface area contributed by atoms with Gasteiger partial charge in [-0.25, -0.2) is 4.98 Å². The molecule has 0 bridgehead atoms. The summed E-state index contributed by atoms with van der Waals surface area (Å²) in [6.07, 6.45) is 0. The number of hydrogen-bond donors (Lipinski definition) is 1. The number of nitrogens with two attached hydrogens (primary N) is 1. The third-order valence-electron chi connectivity index (χ3n) is 3.57. The second-order valence-electron chi connectivity index (χ2n) is 5.02. The van der Waals surface area contributed by atoms with E-state index in [0.717, 1.165) is 39.8 Å². The molecule has 0 unspecified atom stereocenters. The zero-order valence-corrected chi connectivity index (χ0v) is 13.2. The first-order valence-corrected chi connectivity index (χ1v) is 7.84. The first-order chi connectivity index (χ1) is 10.1. The number of anilines is 1. The molecule has 0 atom stereocenters. The normalized spacial score (nSPS) is 11.0. The van der Waals surface area contributed by atoms with E-state index in [0.29, 0.717) is 0 Å². The molecule has 0 aliphatic carbocycles. The topological polar surface area (TPSA) is 56.7 Å². The summed E-state index contributed by atoms with van der Waals surface area (Å²) in [6, 6.07) is 7.83. The highest BCUT2D eigenvalue weighted by Crippen LogP contribution is 2.32. The SMILES string of the molecule is CCn1nc(C)c(-c2csc(-c3cccc(N)c3)n2)c1C. The Bertz CT molecular complexity index is 785. The Labute approximate surface area is 128 Å². The van der Waals surface area contributed by atoms with Gasteiger partial charge in [-0.3, -0.25) is 4.68 Å². The molecular formula is C16H18N4S. The van der Waals surface area contributed by atoms with Gasteiger partial charge in [0, 0.05) is 34.4 Å². The highest BCUT2D eigenvalue weighted by atomic mass is 32.1. The van der Waals surface area contributed by atoms with Crippen molar-refractivity contribution in [3.8, 4) is 21.8 Å². The van der Waals surface area contributed by atoms with E-state index in [1.807, 2.05) is 35.9 Å². The lowest BCUT2D eigenvalue weighted by Gasteiger charge is -2.00. The molecule has 0 saturated heterocycles. The maximum atomic E-state index is 5.85. The first kappa shape index (κ1) is 13.8. The molecule has 3 rings (SSSR count). The third-order valence-corrected chi connectivity index (χ3v) is 4.47. The molecule has 0 saturated carbocycles. The van der Waals surface area contributed by atoms with Gasteiger partial charge in [-0.05, 0) is 32.9 Å². The molecule has 21 heavy (non-hydrogen) atoms. The summed E-state index contributed by atoms with van der Waals surface area (Å²) in [5, 5.41) is 7.64. The van der Waals surface area contributed by atoms with Crippen molar-refractivity contribution in [3.05, 3.63) is 41.0 Å². The zero-order valence-electron chi connectivity index (χ0n) is 12.4. The van der Waals surface area contributed by atoms with Crippen LogP contribution in [0.25, 0.3) is 21.8 Å². The number of nitrogens with zero attached hydrogens (tertiary/aromatic N) is 3. The van der Waals surface area contributed by atoms with Gasteiger partial charge in [0.1, 0.15) is 5.01 Å². The van der Waals surface area contributed by atoms with Crippen molar-refractivity contribution < 1.29 is 0 Å². The summed E-state index contributed by atoms with van der Waals surface area (Å²) in [4.78, 5) is 4.77. The fraction of sp³-hybridized carbons (Fsp3) is 0.250. The number of benzene rings is 1. The van der Waals surface area contributed by atoms with Crippen LogP contribution in [0.15, 0.2) is 29.6 Å². The predicted molar refractivity (Wildman–Crippen MR) is 88.3 cm³/mol. The number of aromatic nitrogens is 3. The Morgan fingerprint density at radius 3 is 2.76 bits per heavy atom. The Morgan fingerprint density at radius 1 is 1.29 bits per heavy atom. The lowest BCUT2D eigenvalue weighted by molar-refractivity contribution is 0.634. The standard InChI is InChI=1S/C16H18N4S/c1-4-20-11(3)15(10(2)19-20)14-9-21-16(18-14)12-6-5-7-13(17)8-12/h5-9H,4,17H2,1-3H3. The van der Waals surface area contributed by atoms with Crippen LogP contribution in [0, 0.1) is 13.8 Å². The predicted octanol–water partition coefficient (Wildman–Crippen LogP) is 3.89. The van der Waals surface area contributed by atoms with Crippen LogP contribution in [0.2, 0.25) is 0 Å². The Kier molecular flexibility index (Phi) is 3.51. The van der Waals surface area contributed by atoms with Crippen molar-refractivity contribution in [2.45, 2.75) is 27.3 Å². The number of nitrogen functional groups attached to an aromatic ring is 1. The first-order valence-electron chi connectivity index (χ1n) is 6.96. The van der Waals surface area contributed by atoms with Gasteiger partial charge < -0.3 is 5.73 Å². The van der Waals surface area contributed by atoms with Gasteiger partial charge in [-0.2, -0.15) is 5.10 Å². The smallest absolute Gasteiger partial charge is 0.124 e. The Morgan fingerprint density at radius 2 is 2.10 bits per heavy atom. The largest absolute Gasteiger partial charge is 0.399 e. The van der Waals surface area contributed by atoms with Crippen LogP contribution in [0.3, 0.4) is 0 Å². The molecule has 0 fully saturated rings. The zero-order chi connectivity index (χ0) is 15.0. The molecule has 0 aliphatic rings. The van der Waals surface area contributed by atoms with Crippen molar-refractivity contribution >= 4 is 17.0 Å². The highest BCUT2D eigenvalue weighted by molar-refractivity contribution is 7.13. The van der Waals surface area contributed by atoms with Crippen LogP contribution in [0.1, 0.15) is 18.3 Å². The maximum absolute atomic E-state index is 5.85. The molecule has 0 aliphatic heterocycles. The van der Waals surface area contributed by atoms with Gasteiger partial charge in [0.2, 0.25) is 0 Å². The van der Waals surface area contributed by atoms with E-state index in [9.17, 15) is 0 Å². The molecule has 2 aromatic heterocycles. The van der Waals surface area contributed by atoms with E-state index < -0.39 is 0 Å². The summed E-state index contributed by atoms with van der Waals surface area (Å²) < 4.78 is 2.02. The second-order valence-corrected chi connectivity index (χ2v) is 5.88. The highest BCUT2D eigenvalue weighted by Gasteiger charge is 2.16. The molecule has 0 spiro atoms. The number of rotatable bonds is 3. The lowest BCUT2D eigenvalue weighted by atomic mass is 10.1. The molecule has 3 aromatic rings. The molecule has 0 amide bonds. The van der Waals surface area contributed by atoms with E-state index in [1.54, 1.807) is 11.3 Å². The third kappa shape index (κ3) is 2.45. The summed E-state index contributed by atoms with van der Waals surface area (Å²) in [5.41, 5.74) is 12.0. The van der Waals surface area contributed by atoms with E-state index in [2.05, 4.69) is 24.3 Å². The van der Waals surface area contributed by atoms with Crippen LogP contribution in [-0.4, -0.2) is 14.8 Å². The summed E-state index contributed by atoms with van der Waals surface area (Å²) in [5.74, 6) is 0. The van der Waals surface area contributed by atoms with Crippen molar-refractivity contribution in [3.63, 3.8) is 0 Å². The van der Waals surface area contributed by atoms with Crippen molar-refractivity contribution in [2.24, 2.45) is 0 Å². The molecule has 2 N–H and O–H groups in total. The Hall–Kier alpha value is -2.14. The minimum absolute atomic E-state index is 0.760. The molecule has 2 heterocycles. The second kappa shape index (κ2) is 5.33. The summed E-state index contributed by atoms with van der Waals surface area (Å²) in [6.45, 7) is 7.10. The van der Waals surface area contributed by atoms with Gasteiger partial charge in [-0.1, -0.05) is 12.1 Å². The van der Waals surface area contributed by atoms with Crippen molar-refractivity contribution in [1.82, 2.24) is 14.8 Å². The summed E-state index contributed by atoms with van der Waals surface area (Å²) in [7, 11) is 0. The van der Waals surface area contributed by atoms with E-state index >= 15 is 0 Å². The van der Waals surface area contributed by atoms with Gasteiger partial charge >= 0.3 is 0 Å². The molecule has 0 radical (unpaired) electrons. The number of thiazole rings is 1. The lowest BCUT2D eigenvalue weighted by Crippen LogP contribution is -1.98. The van der Waals surface area contributed by atoms with Crippen molar-refractivity contribution in [1.29, 1.82) is 0 Å². The van der Waals surface area contributed by atoms with Gasteiger partial charge in [0.25, 0.3) is 0 Å². The quantitative estimate of drug-likeness (QED) is 0.746. The maximum Gasteiger partial charge on any atom is 0.124 e. The van der Waals surface area contributed by atoms with E-state index in [-0.39, 0.29) is 0 Å². The van der Waals surface area contributed by atoms with Crippen molar-refractivity contribution in [2.75, 3.05) is 5.73 Å². The average Bonchev–Trinajstić information content (AvgIpc) is 3.03. The molecule has 1 aromatic carbocycles. The fourth-order valence-electron chi connectivity index (χ4n) is 2.57. The van der Waals surface area contributed by atoms with Crippen LogP contribution in [-0.2, 0) is 6.54 Å². The van der Waals surface area contributed by atoms with Crippen LogP contribution in [0.5, 0.6) is 0 Å². The fourth-order valence-corrected chi connectivity index (χ4v) is 3.38. The number of aryl methyl sites for hydroxylation is 2. The van der Waals surface area contributed by atoms with Crippen LogP contribution < -0.4 is 5.73 Å². The molecule has 4 nitrogen and oxygen atoms in total. The molecular weight excluding hydrogens is 280 g/mol. The van der Waals surface area contributed by atoms with E-state index in [4.69, 9.17) is 10.7 Å². The van der Waals surface area contributed by atoms with Crippen LogP contribution in [0.4, 0.5) is 5.69 Å². The minimum Gasteiger partial charge on any atom is -0.399 e. The van der Waals surface area contributed by atoms with Crippen LogP contribution >= 0.6 is 11.3 Å². The van der Waals surface area contributed by atoms with Gasteiger partial charge in [0.15, 0.2) is 0 Å². The minimum atomic E-state index is 0.760. The average molecular weight is 298 g/mol. The van der Waals surface area contributed by atoms with Gasteiger partial charge in [-0.15, -0.1) is 11.3 Å². The Balaban J connectivity index is 2.05. The van der Waals surface area contributed by atoms with E-state index in [1.165, 1.54) is 5.69 Å². The summed E-state index contributed by atoms with van der Waals surface area (Å²) >= 11 is 1.64. The monoisotopic (exact) mass is 298 g/mol.